The van der Waals surface area contributed by atoms with Crippen molar-refractivity contribution >= 4 is 11.6 Å². The molecule has 25 heavy (non-hydrogen) atoms. The number of anilines is 1. The highest BCUT2D eigenvalue weighted by Crippen LogP contribution is 2.28. The van der Waals surface area contributed by atoms with Gasteiger partial charge in [-0.2, -0.15) is 0 Å². The molecule has 1 amide bonds. The van der Waals surface area contributed by atoms with Crippen molar-refractivity contribution in [2.24, 2.45) is 0 Å². The van der Waals surface area contributed by atoms with Crippen LogP contribution in [0.5, 0.6) is 5.75 Å². The molecule has 1 aromatic heterocycles. The molecule has 0 saturated heterocycles. The number of rotatable bonds is 7. The van der Waals surface area contributed by atoms with E-state index >= 15 is 0 Å². The first-order chi connectivity index (χ1) is 12.2. The molecule has 1 aromatic carbocycles. The highest BCUT2D eigenvalue weighted by Gasteiger charge is 2.19. The average Bonchev–Trinajstić information content (AvgIpc) is 3.02. The van der Waals surface area contributed by atoms with Gasteiger partial charge in [0.2, 0.25) is 11.2 Å². The zero-order valence-corrected chi connectivity index (χ0v) is 14.3. The van der Waals surface area contributed by atoms with E-state index in [1.54, 1.807) is 0 Å². The summed E-state index contributed by atoms with van der Waals surface area (Å²) >= 11 is 0. The van der Waals surface area contributed by atoms with Gasteiger partial charge in [0.1, 0.15) is 12.0 Å². The van der Waals surface area contributed by atoms with E-state index < -0.39 is 0 Å². The highest BCUT2D eigenvalue weighted by molar-refractivity contribution is 5.77. The molecule has 1 aliphatic heterocycles. The van der Waals surface area contributed by atoms with Crippen molar-refractivity contribution in [3.63, 3.8) is 0 Å². The van der Waals surface area contributed by atoms with Crippen LogP contribution in [0.3, 0.4) is 0 Å². The largest absolute Gasteiger partial charge is 0.477 e. The number of para-hydroxylation sites is 1. The topological polar surface area (TPSA) is 71.8 Å². The van der Waals surface area contributed by atoms with E-state index in [2.05, 4.69) is 22.3 Å². The second-order valence-electron chi connectivity index (χ2n) is 6.01. The molecule has 1 N–H and O–H groups in total. The Kier molecular flexibility index (Phi) is 5.38. The summed E-state index contributed by atoms with van der Waals surface area (Å²) in [5.41, 5.74) is 2.21. The van der Waals surface area contributed by atoms with Crippen molar-refractivity contribution in [1.82, 2.24) is 5.32 Å². The number of nitrogens with zero attached hydrogens (tertiary/aromatic N) is 1. The van der Waals surface area contributed by atoms with E-state index in [0.717, 1.165) is 19.4 Å². The molecule has 2 heterocycles. The van der Waals surface area contributed by atoms with Gasteiger partial charge < -0.3 is 19.4 Å². The predicted molar refractivity (Wildman–Crippen MR) is 95.0 cm³/mol. The van der Waals surface area contributed by atoms with Gasteiger partial charge in [0.15, 0.2) is 6.61 Å². The van der Waals surface area contributed by atoms with Crippen LogP contribution in [-0.4, -0.2) is 25.6 Å². The summed E-state index contributed by atoms with van der Waals surface area (Å²) in [6.45, 7) is 3.80. The molecule has 1 aliphatic rings. The Morgan fingerprint density at radius 1 is 1.36 bits per heavy atom. The van der Waals surface area contributed by atoms with Crippen LogP contribution in [0, 0.1) is 0 Å². The van der Waals surface area contributed by atoms with E-state index in [0.29, 0.717) is 18.8 Å². The van der Waals surface area contributed by atoms with Crippen molar-refractivity contribution in [1.29, 1.82) is 0 Å². The van der Waals surface area contributed by atoms with Crippen LogP contribution in [0.1, 0.15) is 24.7 Å². The van der Waals surface area contributed by atoms with E-state index in [-0.39, 0.29) is 23.7 Å². The maximum Gasteiger partial charge on any atom is 0.257 e. The van der Waals surface area contributed by atoms with Crippen LogP contribution in [0.2, 0.25) is 0 Å². The van der Waals surface area contributed by atoms with E-state index in [9.17, 15) is 9.59 Å². The number of nitrogens with one attached hydrogen (secondary N) is 1. The summed E-state index contributed by atoms with van der Waals surface area (Å²) in [6, 6.07) is 9.66. The van der Waals surface area contributed by atoms with Gasteiger partial charge in [-0.1, -0.05) is 25.1 Å². The van der Waals surface area contributed by atoms with Gasteiger partial charge in [0, 0.05) is 24.8 Å². The van der Waals surface area contributed by atoms with Crippen LogP contribution in [0.15, 0.2) is 45.8 Å². The highest BCUT2D eigenvalue weighted by atomic mass is 16.5. The molecular formula is C19H22N2O4. The number of hydrogen-bond acceptors (Lipinski definition) is 5. The number of fused-ring (bicyclic) bond motifs is 1. The van der Waals surface area contributed by atoms with Crippen molar-refractivity contribution in [3.8, 4) is 5.75 Å². The van der Waals surface area contributed by atoms with Gasteiger partial charge in [-0.15, -0.1) is 0 Å². The normalized spacial score (nSPS) is 12.8. The third-order valence-corrected chi connectivity index (χ3v) is 4.11. The maximum absolute atomic E-state index is 12.2. The number of amides is 1. The molecule has 0 unspecified atom stereocenters. The Balaban J connectivity index is 1.61. The van der Waals surface area contributed by atoms with E-state index in [1.165, 1.54) is 23.6 Å². The molecule has 6 nitrogen and oxygen atoms in total. The van der Waals surface area contributed by atoms with Crippen LogP contribution in [0.25, 0.3) is 0 Å². The Morgan fingerprint density at radius 2 is 2.20 bits per heavy atom. The Labute approximate surface area is 146 Å². The van der Waals surface area contributed by atoms with Gasteiger partial charge >= 0.3 is 0 Å². The fraction of sp³-hybridized carbons (Fsp3) is 0.368. The third kappa shape index (κ3) is 4.21. The van der Waals surface area contributed by atoms with Crippen LogP contribution >= 0.6 is 0 Å². The minimum absolute atomic E-state index is 0.0530. The summed E-state index contributed by atoms with van der Waals surface area (Å²) in [4.78, 5) is 25.9. The minimum Gasteiger partial charge on any atom is -0.477 e. The molecule has 0 bridgehead atoms. The van der Waals surface area contributed by atoms with Gasteiger partial charge in [0.05, 0.1) is 6.54 Å². The summed E-state index contributed by atoms with van der Waals surface area (Å²) in [5, 5.41) is 2.69. The van der Waals surface area contributed by atoms with Crippen molar-refractivity contribution in [2.75, 3.05) is 24.6 Å². The first-order valence-corrected chi connectivity index (χ1v) is 8.51. The van der Waals surface area contributed by atoms with Crippen LogP contribution in [0.4, 0.5) is 5.69 Å². The van der Waals surface area contributed by atoms with Gasteiger partial charge in [0.25, 0.3) is 5.91 Å². The first kappa shape index (κ1) is 17.1. The lowest BCUT2D eigenvalue weighted by molar-refractivity contribution is -0.123. The number of carbonyl (C=O) groups is 1. The molecular weight excluding hydrogens is 320 g/mol. The van der Waals surface area contributed by atoms with Gasteiger partial charge in [-0.25, -0.2) is 0 Å². The maximum atomic E-state index is 12.2. The summed E-state index contributed by atoms with van der Waals surface area (Å²) in [7, 11) is 0. The average molecular weight is 342 g/mol. The van der Waals surface area contributed by atoms with Crippen molar-refractivity contribution in [2.45, 2.75) is 26.3 Å². The smallest absolute Gasteiger partial charge is 0.257 e. The Morgan fingerprint density at radius 3 is 3.00 bits per heavy atom. The summed E-state index contributed by atoms with van der Waals surface area (Å²) in [5.74, 6) is 0.376. The zero-order chi connectivity index (χ0) is 17.6. The third-order valence-electron chi connectivity index (χ3n) is 4.11. The lowest BCUT2D eigenvalue weighted by Crippen LogP contribution is -2.30. The van der Waals surface area contributed by atoms with Crippen LogP contribution < -0.4 is 20.4 Å². The number of ether oxygens (including phenoxy) is 1. The van der Waals surface area contributed by atoms with Crippen molar-refractivity contribution < 1.29 is 13.9 Å². The minimum atomic E-state index is -0.281. The van der Waals surface area contributed by atoms with E-state index in [4.69, 9.17) is 9.15 Å². The lowest BCUT2D eigenvalue weighted by atomic mass is 10.2. The van der Waals surface area contributed by atoms with Crippen LogP contribution in [-0.2, 0) is 17.8 Å². The quantitative estimate of drug-likeness (QED) is 0.834. The standard InChI is InChI=1S/C19H22N2O4/c1-2-8-20-19(23)13-25-18-12-24-15(10-17(18)22)11-21-9-7-14-5-3-4-6-16(14)21/h3-6,10,12H,2,7-9,11,13H2,1H3,(H,20,23). The number of benzene rings is 1. The van der Waals surface area contributed by atoms with E-state index in [1.807, 2.05) is 19.1 Å². The monoisotopic (exact) mass is 342 g/mol. The molecule has 2 aromatic rings. The number of hydrogen-bond donors (Lipinski definition) is 1. The predicted octanol–water partition coefficient (Wildman–Crippen LogP) is 2.11. The molecule has 0 aliphatic carbocycles. The molecule has 6 heteroatoms. The molecule has 3 rings (SSSR count). The van der Waals surface area contributed by atoms with Gasteiger partial charge in [-0.05, 0) is 24.5 Å². The molecule has 0 spiro atoms. The van der Waals surface area contributed by atoms with Gasteiger partial charge in [-0.3, -0.25) is 9.59 Å². The second-order valence-corrected chi connectivity index (χ2v) is 6.01. The first-order valence-electron chi connectivity index (χ1n) is 8.51. The fourth-order valence-electron chi connectivity index (χ4n) is 2.84. The molecule has 0 fully saturated rings. The summed E-state index contributed by atoms with van der Waals surface area (Å²) < 4.78 is 10.8. The molecule has 0 radical (unpaired) electrons. The summed E-state index contributed by atoms with van der Waals surface area (Å²) in [6.07, 6.45) is 3.13. The fourth-order valence-corrected chi connectivity index (χ4v) is 2.84. The lowest BCUT2D eigenvalue weighted by Gasteiger charge is -2.18. The molecule has 0 saturated carbocycles. The zero-order valence-electron chi connectivity index (χ0n) is 14.3. The number of carbonyl (C=O) groups excluding carboxylic acids is 1. The molecule has 132 valence electrons. The Hall–Kier alpha value is -2.76. The second kappa shape index (κ2) is 7.88. The van der Waals surface area contributed by atoms with Crippen molar-refractivity contribution in [3.05, 3.63) is 58.1 Å². The SMILES string of the molecule is CCCNC(=O)COc1coc(CN2CCc3ccccc32)cc1=O. The molecule has 0 atom stereocenters. The Bertz CT molecular complexity index is 800.